The van der Waals surface area contributed by atoms with E-state index in [-0.39, 0.29) is 42.7 Å². The number of benzene rings is 3. The van der Waals surface area contributed by atoms with Crippen LogP contribution in [0.15, 0.2) is 72.8 Å². The number of hydrogen-bond acceptors (Lipinski definition) is 6. The molecule has 0 saturated heterocycles. The van der Waals surface area contributed by atoms with Crippen LogP contribution in [0.1, 0.15) is 11.1 Å². The van der Waals surface area contributed by atoms with E-state index in [0.29, 0.717) is 16.9 Å². The standard InChI is InChI=1S/C26H25F4N3O5/c1-36-23-15-18(11-12-22(23)37-17-19-7-5-6-10-21(19)27)16-32(14-13-31)25(35)33(20-8-3-2-4-9-20)38-24(34)26(28,29)30/h2-12,15H,13-14,16-17,31H2,1H3. The maximum Gasteiger partial charge on any atom is 0.493 e. The molecule has 0 aromatic heterocycles. The fraction of sp³-hybridized carbons (Fsp3) is 0.231. The van der Waals surface area contributed by atoms with Gasteiger partial charge in [0, 0.05) is 25.2 Å². The van der Waals surface area contributed by atoms with Crippen LogP contribution in [-0.4, -0.2) is 43.3 Å². The maximum absolute atomic E-state index is 13.9. The van der Waals surface area contributed by atoms with E-state index in [9.17, 15) is 27.2 Å². The monoisotopic (exact) mass is 535 g/mol. The minimum absolute atomic E-state index is 0.0252. The summed E-state index contributed by atoms with van der Waals surface area (Å²) in [5.41, 5.74) is 6.40. The summed E-state index contributed by atoms with van der Waals surface area (Å²) >= 11 is 0. The number of hydroxylamine groups is 1. The number of para-hydroxylation sites is 1. The maximum atomic E-state index is 13.9. The third-order valence-corrected chi connectivity index (χ3v) is 5.18. The highest BCUT2D eigenvalue weighted by atomic mass is 19.4. The fourth-order valence-electron chi connectivity index (χ4n) is 3.35. The molecule has 0 heterocycles. The first kappa shape index (κ1) is 28.3. The summed E-state index contributed by atoms with van der Waals surface area (Å²) in [4.78, 5) is 30.4. The number of hydrogen-bond donors (Lipinski definition) is 1. The average Bonchev–Trinajstić information content (AvgIpc) is 2.90. The Labute approximate surface area is 216 Å². The van der Waals surface area contributed by atoms with Crippen molar-refractivity contribution in [2.75, 3.05) is 25.3 Å². The summed E-state index contributed by atoms with van der Waals surface area (Å²) < 4.78 is 63.7. The molecule has 3 aromatic rings. The number of carbonyl (C=O) groups excluding carboxylic acids is 2. The lowest BCUT2D eigenvalue weighted by Gasteiger charge is -2.29. The number of carbonyl (C=O) groups is 2. The van der Waals surface area contributed by atoms with Gasteiger partial charge in [-0.05, 0) is 35.9 Å². The number of urea groups is 1. The lowest BCUT2D eigenvalue weighted by Crippen LogP contribution is -2.47. The van der Waals surface area contributed by atoms with Crippen LogP contribution in [0.3, 0.4) is 0 Å². The quantitative estimate of drug-likeness (QED) is 0.312. The second-order valence-corrected chi connectivity index (χ2v) is 7.86. The molecule has 38 heavy (non-hydrogen) atoms. The molecule has 0 aliphatic rings. The summed E-state index contributed by atoms with van der Waals surface area (Å²) in [6, 6.07) is 16.9. The summed E-state index contributed by atoms with van der Waals surface area (Å²) in [5.74, 6) is -2.39. The molecule has 2 N–H and O–H groups in total. The van der Waals surface area contributed by atoms with Crippen molar-refractivity contribution in [3.05, 3.63) is 89.7 Å². The molecule has 8 nitrogen and oxygen atoms in total. The molecule has 0 spiro atoms. The predicted octanol–water partition coefficient (Wildman–Crippen LogP) is 4.82. The van der Waals surface area contributed by atoms with Crippen LogP contribution in [-0.2, 0) is 22.8 Å². The van der Waals surface area contributed by atoms with Crippen molar-refractivity contribution in [1.82, 2.24) is 4.90 Å². The van der Waals surface area contributed by atoms with Gasteiger partial charge in [0.2, 0.25) is 0 Å². The number of ether oxygens (including phenoxy) is 2. The Balaban J connectivity index is 1.82. The first-order valence-corrected chi connectivity index (χ1v) is 11.3. The Bertz CT molecular complexity index is 1240. The van der Waals surface area contributed by atoms with E-state index in [1.807, 2.05) is 0 Å². The smallest absolute Gasteiger partial charge is 0.493 e. The van der Waals surface area contributed by atoms with Crippen molar-refractivity contribution in [3.8, 4) is 11.5 Å². The van der Waals surface area contributed by atoms with Crippen LogP contribution in [0.5, 0.6) is 11.5 Å². The number of nitrogens with two attached hydrogens (primary N) is 1. The summed E-state index contributed by atoms with van der Waals surface area (Å²) in [6.45, 7) is -0.272. The average molecular weight is 535 g/mol. The van der Waals surface area contributed by atoms with Gasteiger partial charge in [0.25, 0.3) is 0 Å². The van der Waals surface area contributed by atoms with Crippen molar-refractivity contribution in [2.24, 2.45) is 5.73 Å². The van der Waals surface area contributed by atoms with E-state index in [0.717, 1.165) is 4.90 Å². The van der Waals surface area contributed by atoms with E-state index in [1.54, 1.807) is 42.5 Å². The van der Waals surface area contributed by atoms with Gasteiger partial charge in [-0.1, -0.05) is 42.5 Å². The minimum atomic E-state index is -5.32. The predicted molar refractivity (Wildman–Crippen MR) is 130 cm³/mol. The number of halogens is 4. The first-order valence-electron chi connectivity index (χ1n) is 11.3. The van der Waals surface area contributed by atoms with Gasteiger partial charge in [-0.15, -0.1) is 5.06 Å². The number of methoxy groups -OCH3 is 1. The Hall–Kier alpha value is -4.32. The van der Waals surface area contributed by atoms with E-state index < -0.39 is 24.0 Å². The SMILES string of the molecule is COc1cc(CN(CCN)C(=O)N(OC(=O)C(F)(F)F)c2ccccc2)ccc1OCc1ccccc1F. The third-order valence-electron chi connectivity index (χ3n) is 5.18. The molecular formula is C26H25F4N3O5. The Morgan fingerprint density at radius 3 is 2.26 bits per heavy atom. The Morgan fingerprint density at radius 2 is 1.63 bits per heavy atom. The minimum Gasteiger partial charge on any atom is -0.493 e. The van der Waals surface area contributed by atoms with Crippen molar-refractivity contribution >= 4 is 17.7 Å². The molecule has 0 fully saturated rings. The normalized spacial score (nSPS) is 11.0. The van der Waals surface area contributed by atoms with Crippen LogP contribution >= 0.6 is 0 Å². The zero-order valence-corrected chi connectivity index (χ0v) is 20.3. The zero-order chi connectivity index (χ0) is 27.7. The summed E-state index contributed by atoms with van der Waals surface area (Å²) in [6.07, 6.45) is -5.32. The van der Waals surface area contributed by atoms with Gasteiger partial charge in [0.05, 0.1) is 12.8 Å². The largest absolute Gasteiger partial charge is 0.493 e. The Morgan fingerprint density at radius 1 is 0.947 bits per heavy atom. The highest BCUT2D eigenvalue weighted by Crippen LogP contribution is 2.30. The second-order valence-electron chi connectivity index (χ2n) is 7.86. The lowest BCUT2D eigenvalue weighted by molar-refractivity contribution is -0.200. The number of rotatable bonds is 9. The van der Waals surface area contributed by atoms with Crippen LogP contribution in [0, 0.1) is 5.82 Å². The number of nitrogens with zero attached hydrogens (tertiary/aromatic N) is 2. The van der Waals surface area contributed by atoms with Gasteiger partial charge in [-0.3, -0.25) is 0 Å². The molecule has 0 radical (unpaired) electrons. The van der Waals surface area contributed by atoms with Gasteiger partial charge in [0.1, 0.15) is 12.4 Å². The van der Waals surface area contributed by atoms with Crippen molar-refractivity contribution in [1.29, 1.82) is 0 Å². The highest BCUT2D eigenvalue weighted by Gasteiger charge is 2.44. The fourth-order valence-corrected chi connectivity index (χ4v) is 3.35. The van der Waals surface area contributed by atoms with Gasteiger partial charge < -0.3 is 24.9 Å². The van der Waals surface area contributed by atoms with Crippen molar-refractivity contribution < 1.29 is 41.5 Å². The van der Waals surface area contributed by atoms with Crippen molar-refractivity contribution in [3.63, 3.8) is 0 Å². The van der Waals surface area contributed by atoms with Gasteiger partial charge >= 0.3 is 18.2 Å². The second kappa shape index (κ2) is 12.8. The molecule has 202 valence electrons. The summed E-state index contributed by atoms with van der Waals surface area (Å²) in [7, 11) is 1.39. The van der Waals surface area contributed by atoms with Crippen molar-refractivity contribution in [2.45, 2.75) is 19.3 Å². The van der Waals surface area contributed by atoms with Crippen LogP contribution in [0.2, 0.25) is 0 Å². The zero-order valence-electron chi connectivity index (χ0n) is 20.3. The summed E-state index contributed by atoms with van der Waals surface area (Å²) in [5, 5.41) is 0.272. The molecule has 0 bridgehead atoms. The number of amides is 2. The number of anilines is 1. The molecule has 0 atom stereocenters. The molecule has 0 unspecified atom stereocenters. The first-order chi connectivity index (χ1) is 18.1. The molecule has 0 aliphatic carbocycles. The number of alkyl halides is 3. The molecule has 0 aliphatic heterocycles. The Kier molecular flexibility index (Phi) is 9.49. The van der Waals surface area contributed by atoms with E-state index in [4.69, 9.17) is 15.2 Å². The molecule has 3 aromatic carbocycles. The van der Waals surface area contributed by atoms with Gasteiger partial charge in [0.15, 0.2) is 11.5 Å². The van der Waals surface area contributed by atoms with Gasteiger partial charge in [-0.25, -0.2) is 14.0 Å². The lowest BCUT2D eigenvalue weighted by atomic mass is 10.2. The van der Waals surface area contributed by atoms with Crippen LogP contribution in [0.25, 0.3) is 0 Å². The molecular weight excluding hydrogens is 510 g/mol. The highest BCUT2D eigenvalue weighted by molar-refractivity contribution is 5.92. The third kappa shape index (κ3) is 7.35. The molecule has 0 saturated carbocycles. The van der Waals surface area contributed by atoms with E-state index in [2.05, 4.69) is 4.84 Å². The topological polar surface area (TPSA) is 94.3 Å². The van der Waals surface area contributed by atoms with Crippen LogP contribution < -0.4 is 20.3 Å². The molecule has 3 rings (SSSR count). The van der Waals surface area contributed by atoms with E-state index in [1.165, 1.54) is 37.4 Å². The van der Waals surface area contributed by atoms with Gasteiger partial charge in [-0.2, -0.15) is 13.2 Å². The molecule has 12 heteroatoms. The van der Waals surface area contributed by atoms with Crippen LogP contribution in [0.4, 0.5) is 28.0 Å². The van der Waals surface area contributed by atoms with E-state index >= 15 is 0 Å². The molecule has 2 amide bonds.